The first kappa shape index (κ1) is 23.1. The molecule has 0 aliphatic heterocycles. The van der Waals surface area contributed by atoms with Gasteiger partial charge in [0.25, 0.3) is 0 Å². The number of rotatable bonds is 10. The highest BCUT2D eigenvalue weighted by atomic mass is 32.2. The van der Waals surface area contributed by atoms with Crippen LogP contribution in [0, 0.1) is 5.92 Å². The Morgan fingerprint density at radius 3 is 2.42 bits per heavy atom. The maximum atomic E-state index is 12.6. The molecular weight excluding hydrogens is 416 g/mol. The van der Waals surface area contributed by atoms with Crippen LogP contribution in [-0.2, 0) is 14.8 Å². The number of carbonyl (C=O) groups is 1. The van der Waals surface area contributed by atoms with Crippen LogP contribution in [0.1, 0.15) is 69.8 Å². The second kappa shape index (κ2) is 9.74. The van der Waals surface area contributed by atoms with Crippen LogP contribution in [0.5, 0.6) is 0 Å². The van der Waals surface area contributed by atoms with Crippen molar-refractivity contribution in [2.24, 2.45) is 5.92 Å². The number of benzene rings is 1. The van der Waals surface area contributed by atoms with Crippen molar-refractivity contribution in [3.8, 4) is 0 Å². The highest BCUT2D eigenvalue weighted by Crippen LogP contribution is 2.38. The largest absolute Gasteiger partial charge is 0.340 e. The molecule has 1 aromatic carbocycles. The average Bonchev–Trinajstić information content (AvgIpc) is 3.48. The minimum Gasteiger partial charge on any atom is -0.340 e. The van der Waals surface area contributed by atoms with Crippen molar-refractivity contribution in [3.63, 3.8) is 0 Å². The molecular formula is C22H30N4O4S. The molecule has 0 radical (unpaired) electrons. The van der Waals surface area contributed by atoms with Gasteiger partial charge in [-0.05, 0) is 42.5 Å². The summed E-state index contributed by atoms with van der Waals surface area (Å²) in [6.07, 6.45) is 5.22. The van der Waals surface area contributed by atoms with E-state index in [0.717, 1.165) is 18.4 Å². The molecule has 1 saturated carbocycles. The van der Waals surface area contributed by atoms with E-state index in [1.54, 1.807) is 30.3 Å². The molecule has 0 spiro atoms. The molecule has 1 heterocycles. The minimum atomic E-state index is -3.50. The van der Waals surface area contributed by atoms with Gasteiger partial charge in [0.1, 0.15) is 6.04 Å². The number of aromatic nitrogens is 2. The van der Waals surface area contributed by atoms with Crippen LogP contribution in [0.25, 0.3) is 6.08 Å². The van der Waals surface area contributed by atoms with Gasteiger partial charge in [-0.1, -0.05) is 45.0 Å². The summed E-state index contributed by atoms with van der Waals surface area (Å²) in [5.41, 5.74) is 0.726. The van der Waals surface area contributed by atoms with E-state index in [9.17, 15) is 13.2 Å². The molecule has 1 aromatic heterocycles. The van der Waals surface area contributed by atoms with Gasteiger partial charge in [-0.25, -0.2) is 8.42 Å². The summed E-state index contributed by atoms with van der Waals surface area (Å²) >= 11 is 0. The molecule has 1 N–H and O–H groups in total. The first-order chi connectivity index (χ1) is 14.8. The van der Waals surface area contributed by atoms with Gasteiger partial charge >= 0.3 is 0 Å². The van der Waals surface area contributed by atoms with Crippen LogP contribution < -0.4 is 5.32 Å². The smallest absolute Gasteiger partial charge is 0.249 e. The number of nitrogens with one attached hydrogen (secondary N) is 1. The summed E-state index contributed by atoms with van der Waals surface area (Å²) in [6, 6.07) is 6.10. The van der Waals surface area contributed by atoms with Crippen LogP contribution in [-0.4, -0.2) is 41.9 Å². The molecule has 0 saturated heterocycles. The van der Waals surface area contributed by atoms with Crippen LogP contribution >= 0.6 is 0 Å². The average molecular weight is 447 g/mol. The molecule has 3 rings (SSSR count). The van der Waals surface area contributed by atoms with Crippen molar-refractivity contribution in [2.45, 2.75) is 57.4 Å². The zero-order valence-electron chi connectivity index (χ0n) is 18.4. The summed E-state index contributed by atoms with van der Waals surface area (Å²) in [7, 11) is -3.50. The molecule has 9 heteroatoms. The molecule has 0 bridgehead atoms. The minimum absolute atomic E-state index is 0.0782. The lowest BCUT2D eigenvalue weighted by Crippen LogP contribution is -2.30. The van der Waals surface area contributed by atoms with Crippen molar-refractivity contribution in [2.75, 3.05) is 13.1 Å². The van der Waals surface area contributed by atoms with Gasteiger partial charge in [0.05, 0.1) is 4.90 Å². The fourth-order valence-corrected chi connectivity index (χ4v) is 4.69. The summed E-state index contributed by atoms with van der Waals surface area (Å²) in [6.45, 7) is 8.40. The molecule has 1 amide bonds. The molecule has 1 atom stereocenters. The number of sulfonamides is 1. The third-order valence-electron chi connectivity index (χ3n) is 5.28. The Labute approximate surface area is 183 Å². The first-order valence-electron chi connectivity index (χ1n) is 10.7. The van der Waals surface area contributed by atoms with Crippen LogP contribution in [0.3, 0.4) is 0 Å². The van der Waals surface area contributed by atoms with Crippen molar-refractivity contribution < 1.29 is 17.7 Å². The third kappa shape index (κ3) is 5.59. The normalized spacial score (nSPS) is 15.7. The Morgan fingerprint density at radius 1 is 1.23 bits per heavy atom. The Bertz CT molecular complexity index is 1020. The van der Waals surface area contributed by atoms with E-state index in [2.05, 4.69) is 15.5 Å². The summed E-state index contributed by atoms with van der Waals surface area (Å²) < 4.78 is 31.9. The van der Waals surface area contributed by atoms with E-state index in [1.807, 2.05) is 27.7 Å². The van der Waals surface area contributed by atoms with E-state index in [0.29, 0.717) is 30.7 Å². The van der Waals surface area contributed by atoms with Gasteiger partial charge in [0.2, 0.25) is 21.8 Å². The third-order valence-corrected chi connectivity index (χ3v) is 7.34. The number of carbonyl (C=O) groups excluding carboxylic acids is 1. The van der Waals surface area contributed by atoms with E-state index < -0.39 is 10.0 Å². The standard InChI is InChI=1S/C22H30N4O4S/c1-5-26(6-2)31(28,29)18-12-7-16(8-13-18)9-14-19(27)23-20(15(3)4)22-24-21(25-30-22)17-10-11-17/h7-9,12-15,17,20H,5-6,10-11H2,1-4H3,(H,23,27)/b14-9+. The lowest BCUT2D eigenvalue weighted by atomic mass is 10.0. The maximum Gasteiger partial charge on any atom is 0.249 e. The second-order valence-electron chi connectivity index (χ2n) is 7.99. The summed E-state index contributed by atoms with van der Waals surface area (Å²) in [5.74, 6) is 1.31. The summed E-state index contributed by atoms with van der Waals surface area (Å²) in [4.78, 5) is 17.1. The van der Waals surface area contributed by atoms with Gasteiger partial charge < -0.3 is 9.84 Å². The van der Waals surface area contributed by atoms with E-state index in [1.165, 1.54) is 10.4 Å². The Morgan fingerprint density at radius 2 is 1.87 bits per heavy atom. The quantitative estimate of drug-likeness (QED) is 0.560. The zero-order valence-corrected chi connectivity index (χ0v) is 19.2. The zero-order chi connectivity index (χ0) is 22.6. The van der Waals surface area contributed by atoms with Gasteiger partial charge in [0.15, 0.2) is 5.82 Å². The van der Waals surface area contributed by atoms with E-state index in [4.69, 9.17) is 4.52 Å². The molecule has 8 nitrogen and oxygen atoms in total. The highest BCUT2D eigenvalue weighted by Gasteiger charge is 2.31. The molecule has 1 unspecified atom stereocenters. The fraction of sp³-hybridized carbons (Fsp3) is 0.500. The second-order valence-corrected chi connectivity index (χ2v) is 9.92. The lowest BCUT2D eigenvalue weighted by Gasteiger charge is -2.18. The van der Waals surface area contributed by atoms with Gasteiger partial charge in [-0.15, -0.1) is 0 Å². The van der Waals surface area contributed by atoms with Crippen molar-refractivity contribution in [1.82, 2.24) is 19.8 Å². The molecule has 168 valence electrons. The van der Waals surface area contributed by atoms with Crippen molar-refractivity contribution >= 4 is 22.0 Å². The number of nitrogens with zero attached hydrogens (tertiary/aromatic N) is 3. The van der Waals surface area contributed by atoms with Crippen LogP contribution in [0.4, 0.5) is 0 Å². The van der Waals surface area contributed by atoms with E-state index >= 15 is 0 Å². The highest BCUT2D eigenvalue weighted by molar-refractivity contribution is 7.89. The van der Waals surface area contributed by atoms with Gasteiger partial charge in [-0.3, -0.25) is 4.79 Å². The SMILES string of the molecule is CCN(CC)S(=O)(=O)c1ccc(/C=C/C(=O)NC(c2nc(C3CC3)no2)C(C)C)cc1. The van der Waals surface area contributed by atoms with E-state index in [-0.39, 0.29) is 22.8 Å². The Balaban J connectivity index is 1.65. The Hall–Kier alpha value is -2.52. The van der Waals surface area contributed by atoms with Gasteiger partial charge in [-0.2, -0.15) is 9.29 Å². The molecule has 31 heavy (non-hydrogen) atoms. The molecule has 1 aliphatic rings. The molecule has 1 aliphatic carbocycles. The van der Waals surface area contributed by atoms with Crippen LogP contribution in [0.2, 0.25) is 0 Å². The molecule has 1 fully saturated rings. The monoisotopic (exact) mass is 446 g/mol. The first-order valence-corrected chi connectivity index (χ1v) is 12.1. The Kier molecular flexibility index (Phi) is 7.27. The number of amides is 1. The predicted octanol–water partition coefficient (Wildman–Crippen LogP) is 3.50. The van der Waals surface area contributed by atoms with Gasteiger partial charge in [0, 0.05) is 25.1 Å². The fourth-order valence-electron chi connectivity index (χ4n) is 3.23. The van der Waals surface area contributed by atoms with Crippen molar-refractivity contribution in [1.29, 1.82) is 0 Å². The topological polar surface area (TPSA) is 105 Å². The van der Waals surface area contributed by atoms with Crippen molar-refractivity contribution in [3.05, 3.63) is 47.6 Å². The number of hydrogen-bond acceptors (Lipinski definition) is 6. The maximum absolute atomic E-state index is 12.6. The van der Waals surface area contributed by atoms with Crippen LogP contribution in [0.15, 0.2) is 39.8 Å². The summed E-state index contributed by atoms with van der Waals surface area (Å²) in [5, 5.41) is 6.94. The predicted molar refractivity (Wildman–Crippen MR) is 118 cm³/mol. The molecule has 2 aromatic rings. The lowest BCUT2D eigenvalue weighted by molar-refractivity contribution is -0.117. The number of hydrogen-bond donors (Lipinski definition) is 1.